The van der Waals surface area contributed by atoms with Gasteiger partial charge in [-0.2, -0.15) is 0 Å². The Bertz CT molecular complexity index is 949. The monoisotopic (exact) mass is 381 g/mol. The molecule has 1 aromatic heterocycles. The molecule has 3 rings (SSSR count). The van der Waals surface area contributed by atoms with Crippen LogP contribution in [0.2, 0.25) is 0 Å². The van der Waals surface area contributed by atoms with Crippen molar-refractivity contribution in [3.05, 3.63) is 53.6 Å². The molecule has 1 amide bonds. The first-order valence-electron chi connectivity index (χ1n) is 8.98. The summed E-state index contributed by atoms with van der Waals surface area (Å²) in [6, 6.07) is 13.2. The van der Waals surface area contributed by atoms with Crippen LogP contribution in [0.1, 0.15) is 30.9 Å². The Labute approximate surface area is 163 Å². The number of amides is 1. The lowest BCUT2D eigenvalue weighted by molar-refractivity contribution is -0.118. The Morgan fingerprint density at radius 2 is 1.82 bits per heavy atom. The summed E-state index contributed by atoms with van der Waals surface area (Å²) in [7, 11) is 1.61. The molecule has 0 unspecified atom stereocenters. The molecule has 0 aliphatic rings. The van der Waals surface area contributed by atoms with E-state index in [0.717, 1.165) is 16.9 Å². The van der Waals surface area contributed by atoms with Crippen LogP contribution in [0.25, 0.3) is 11.3 Å². The number of aryl methyl sites for hydroxylation is 1. The zero-order valence-corrected chi connectivity index (χ0v) is 16.4. The zero-order valence-electron chi connectivity index (χ0n) is 16.4. The van der Waals surface area contributed by atoms with Crippen LogP contribution < -0.4 is 14.8 Å². The molecule has 3 aromatic rings. The molecule has 0 spiro atoms. The number of methoxy groups -OCH3 is 1. The second kappa shape index (κ2) is 8.56. The van der Waals surface area contributed by atoms with E-state index in [4.69, 9.17) is 14.1 Å². The van der Waals surface area contributed by atoms with Crippen molar-refractivity contribution in [2.75, 3.05) is 19.0 Å². The Morgan fingerprint density at radius 1 is 1.11 bits per heavy atom. The molecule has 0 aliphatic carbocycles. The average Bonchev–Trinajstić information content (AvgIpc) is 3.14. The largest absolute Gasteiger partial charge is 0.497 e. The van der Waals surface area contributed by atoms with E-state index in [1.165, 1.54) is 5.56 Å². The van der Waals surface area contributed by atoms with Gasteiger partial charge in [0.25, 0.3) is 5.91 Å². The number of anilines is 1. The molecule has 1 heterocycles. The number of carbonyl (C=O) groups is 1. The summed E-state index contributed by atoms with van der Waals surface area (Å²) in [6.07, 6.45) is 0. The molecule has 0 saturated carbocycles. The highest BCUT2D eigenvalue weighted by molar-refractivity contribution is 5.94. The van der Waals surface area contributed by atoms with E-state index in [9.17, 15) is 4.79 Å². The standard InChI is InChI=1S/C21H23N3O4/c1-13(2)15-5-7-16(8-6-15)27-12-19(25)22-21-20(23-28-24-21)18-10-9-17(26-4)11-14(18)3/h5-11,13H,12H2,1-4H3,(H,22,24,25). The third-order valence-electron chi connectivity index (χ3n) is 4.35. The van der Waals surface area contributed by atoms with E-state index in [1.54, 1.807) is 7.11 Å². The molecule has 7 nitrogen and oxygen atoms in total. The van der Waals surface area contributed by atoms with E-state index in [1.807, 2.05) is 49.4 Å². The first kappa shape index (κ1) is 19.4. The van der Waals surface area contributed by atoms with E-state index < -0.39 is 0 Å². The fourth-order valence-corrected chi connectivity index (χ4v) is 2.74. The summed E-state index contributed by atoms with van der Waals surface area (Å²) >= 11 is 0. The van der Waals surface area contributed by atoms with E-state index >= 15 is 0 Å². The Kier molecular flexibility index (Phi) is 5.93. The summed E-state index contributed by atoms with van der Waals surface area (Å²) in [5.74, 6) is 1.70. The molecule has 0 atom stereocenters. The molecule has 0 saturated heterocycles. The summed E-state index contributed by atoms with van der Waals surface area (Å²) in [6.45, 7) is 6.02. The highest BCUT2D eigenvalue weighted by Crippen LogP contribution is 2.29. The number of aromatic nitrogens is 2. The van der Waals surface area contributed by atoms with Crippen LogP contribution in [0.3, 0.4) is 0 Å². The molecular weight excluding hydrogens is 358 g/mol. The topological polar surface area (TPSA) is 86.5 Å². The minimum Gasteiger partial charge on any atom is -0.497 e. The van der Waals surface area contributed by atoms with Crippen molar-refractivity contribution >= 4 is 11.7 Å². The van der Waals surface area contributed by atoms with Gasteiger partial charge in [-0.25, -0.2) is 4.63 Å². The molecule has 28 heavy (non-hydrogen) atoms. The molecule has 0 radical (unpaired) electrons. The third kappa shape index (κ3) is 4.49. The number of hydrogen-bond donors (Lipinski definition) is 1. The van der Waals surface area contributed by atoms with E-state index in [0.29, 0.717) is 17.4 Å². The number of nitrogens with zero attached hydrogens (tertiary/aromatic N) is 2. The predicted octanol–water partition coefficient (Wildman–Crippen LogP) is 4.19. The van der Waals surface area contributed by atoms with Crippen LogP contribution in [0.5, 0.6) is 11.5 Å². The molecule has 0 aliphatic heterocycles. The number of nitrogens with one attached hydrogen (secondary N) is 1. The summed E-state index contributed by atoms with van der Waals surface area (Å²) < 4.78 is 15.6. The lowest BCUT2D eigenvalue weighted by Gasteiger charge is -2.09. The summed E-state index contributed by atoms with van der Waals surface area (Å²) in [5.41, 5.74) is 3.38. The van der Waals surface area contributed by atoms with Gasteiger partial charge in [0.2, 0.25) is 5.82 Å². The molecular formula is C21H23N3O4. The van der Waals surface area contributed by atoms with Gasteiger partial charge in [0.1, 0.15) is 11.5 Å². The lowest BCUT2D eigenvalue weighted by atomic mass is 10.0. The summed E-state index contributed by atoms with van der Waals surface area (Å²) in [5, 5.41) is 10.4. The molecule has 0 fully saturated rings. The normalized spacial score (nSPS) is 10.8. The van der Waals surface area contributed by atoms with Crippen LogP contribution in [0.4, 0.5) is 5.82 Å². The van der Waals surface area contributed by atoms with Crippen LogP contribution in [-0.4, -0.2) is 29.9 Å². The first-order valence-corrected chi connectivity index (χ1v) is 8.98. The van der Waals surface area contributed by atoms with Crippen molar-refractivity contribution in [2.45, 2.75) is 26.7 Å². The second-order valence-electron chi connectivity index (χ2n) is 6.70. The van der Waals surface area contributed by atoms with Crippen molar-refractivity contribution in [1.82, 2.24) is 10.3 Å². The molecule has 7 heteroatoms. The van der Waals surface area contributed by atoms with E-state index in [2.05, 4.69) is 29.5 Å². The number of ether oxygens (including phenoxy) is 2. The maximum absolute atomic E-state index is 12.3. The number of rotatable bonds is 7. The van der Waals surface area contributed by atoms with Crippen LogP contribution in [0, 0.1) is 6.92 Å². The van der Waals surface area contributed by atoms with Gasteiger partial charge in [0.15, 0.2) is 12.3 Å². The van der Waals surface area contributed by atoms with Crippen molar-refractivity contribution < 1.29 is 18.9 Å². The van der Waals surface area contributed by atoms with Crippen molar-refractivity contribution in [3.63, 3.8) is 0 Å². The molecule has 2 aromatic carbocycles. The van der Waals surface area contributed by atoms with Crippen LogP contribution >= 0.6 is 0 Å². The van der Waals surface area contributed by atoms with Gasteiger partial charge in [-0.15, -0.1) is 0 Å². The zero-order chi connectivity index (χ0) is 20.1. The fourth-order valence-electron chi connectivity index (χ4n) is 2.74. The number of benzene rings is 2. The van der Waals surface area contributed by atoms with Gasteiger partial charge >= 0.3 is 0 Å². The number of hydrogen-bond acceptors (Lipinski definition) is 6. The highest BCUT2D eigenvalue weighted by atomic mass is 16.6. The molecule has 0 bridgehead atoms. The minimum atomic E-state index is -0.351. The minimum absolute atomic E-state index is 0.144. The Balaban J connectivity index is 1.65. The van der Waals surface area contributed by atoms with Gasteiger partial charge in [0.05, 0.1) is 7.11 Å². The van der Waals surface area contributed by atoms with E-state index in [-0.39, 0.29) is 18.3 Å². The van der Waals surface area contributed by atoms with Gasteiger partial charge in [-0.05, 0) is 64.6 Å². The predicted molar refractivity (Wildman–Crippen MR) is 106 cm³/mol. The van der Waals surface area contributed by atoms with Crippen molar-refractivity contribution in [2.24, 2.45) is 0 Å². The molecule has 1 N–H and O–H groups in total. The van der Waals surface area contributed by atoms with Gasteiger partial charge in [0, 0.05) is 5.56 Å². The quantitative estimate of drug-likeness (QED) is 0.660. The Hall–Kier alpha value is -3.35. The molecule has 146 valence electrons. The smallest absolute Gasteiger partial charge is 0.263 e. The summed E-state index contributed by atoms with van der Waals surface area (Å²) in [4.78, 5) is 12.3. The average molecular weight is 381 g/mol. The fraction of sp³-hybridized carbons (Fsp3) is 0.286. The second-order valence-corrected chi connectivity index (χ2v) is 6.70. The third-order valence-corrected chi connectivity index (χ3v) is 4.35. The van der Waals surface area contributed by atoms with Gasteiger partial charge in [-0.3, -0.25) is 4.79 Å². The first-order chi connectivity index (χ1) is 13.5. The van der Waals surface area contributed by atoms with Gasteiger partial charge < -0.3 is 14.8 Å². The van der Waals surface area contributed by atoms with Gasteiger partial charge in [-0.1, -0.05) is 26.0 Å². The maximum Gasteiger partial charge on any atom is 0.263 e. The van der Waals surface area contributed by atoms with Crippen molar-refractivity contribution in [1.29, 1.82) is 0 Å². The van der Waals surface area contributed by atoms with Crippen molar-refractivity contribution in [3.8, 4) is 22.8 Å². The Morgan fingerprint density at radius 3 is 2.46 bits per heavy atom. The van der Waals surface area contributed by atoms with Crippen LogP contribution in [-0.2, 0) is 4.79 Å². The van der Waals surface area contributed by atoms with Crippen LogP contribution in [0.15, 0.2) is 47.1 Å². The SMILES string of the molecule is COc1ccc(-c2nonc2NC(=O)COc2ccc(C(C)C)cc2)c(C)c1. The lowest BCUT2D eigenvalue weighted by Crippen LogP contribution is -2.20. The highest BCUT2D eigenvalue weighted by Gasteiger charge is 2.17. The number of carbonyl (C=O) groups excluding carboxylic acids is 1. The maximum atomic E-state index is 12.3.